The third-order valence-electron chi connectivity index (χ3n) is 5.35. The molecule has 0 N–H and O–H groups in total. The van der Waals surface area contributed by atoms with Crippen molar-refractivity contribution in [2.45, 2.75) is 79.1 Å². The number of carbonyl (C=O) groups is 2. The molecular weight excluding hydrogens is 488 g/mol. The van der Waals surface area contributed by atoms with Gasteiger partial charge in [-0.15, -0.1) is 0 Å². The second-order valence-electron chi connectivity index (χ2n) is 8.76. The summed E-state index contributed by atoms with van der Waals surface area (Å²) >= 11 is 0. The Hall–Kier alpha value is -3.56. The molecule has 0 bridgehead atoms. The summed E-state index contributed by atoms with van der Waals surface area (Å²) in [5.74, 6) is -0.157. The third-order valence-corrected chi connectivity index (χ3v) is 5.35. The van der Waals surface area contributed by atoms with Crippen molar-refractivity contribution in [3.8, 4) is 0 Å². The van der Waals surface area contributed by atoms with Crippen LogP contribution in [0.1, 0.15) is 90.2 Å². The second kappa shape index (κ2) is 21.5. The molecule has 0 aliphatic carbocycles. The minimum Gasteiger partial charge on any atom is -0.396 e. The van der Waals surface area contributed by atoms with Gasteiger partial charge in [-0.3, -0.25) is 9.59 Å². The molecule has 10 nitrogen and oxygen atoms in total. The molecule has 38 heavy (non-hydrogen) atoms. The highest BCUT2D eigenvalue weighted by atomic mass is 16.6. The van der Waals surface area contributed by atoms with E-state index < -0.39 is 0 Å². The predicted octanol–water partition coefficient (Wildman–Crippen LogP) is 5.47. The maximum Gasteiger partial charge on any atom is 0.177 e. The van der Waals surface area contributed by atoms with E-state index in [9.17, 15) is 9.59 Å². The molecule has 1 rings (SSSR count). The summed E-state index contributed by atoms with van der Waals surface area (Å²) in [4.78, 5) is 42.9. The highest BCUT2D eigenvalue weighted by molar-refractivity contribution is 6.38. The summed E-state index contributed by atoms with van der Waals surface area (Å²) in [5.41, 5.74) is 2.65. The standard InChI is InChI=1S/C28H42N4O6/c1-23(25(3)33)31-37-19-11-7-5-9-17-35-29-21-27-13-15-28(16-14-27)22-30-36-18-10-6-8-12-20-38-32-24(2)26(4)34/h13-16,21-22H,5-12,17-20H2,1-4H3/b29-21+,30-22+,31-23+,32-24+. The molecular formula is C28H42N4O6. The van der Waals surface area contributed by atoms with Crippen LogP contribution in [0.25, 0.3) is 0 Å². The van der Waals surface area contributed by atoms with E-state index in [0.29, 0.717) is 37.9 Å². The molecule has 0 saturated carbocycles. The summed E-state index contributed by atoms with van der Waals surface area (Å²) in [6, 6.07) is 7.76. The van der Waals surface area contributed by atoms with Crippen molar-refractivity contribution in [2.75, 3.05) is 26.4 Å². The largest absolute Gasteiger partial charge is 0.396 e. The Bertz CT molecular complexity index is 851. The topological polar surface area (TPSA) is 120 Å². The highest BCUT2D eigenvalue weighted by Crippen LogP contribution is 2.04. The highest BCUT2D eigenvalue weighted by Gasteiger charge is 1.99. The van der Waals surface area contributed by atoms with Gasteiger partial charge >= 0.3 is 0 Å². The Morgan fingerprint density at radius 3 is 1.18 bits per heavy atom. The van der Waals surface area contributed by atoms with Crippen molar-refractivity contribution in [3.05, 3.63) is 35.4 Å². The quantitative estimate of drug-likeness (QED) is 0.111. The smallest absolute Gasteiger partial charge is 0.177 e. The van der Waals surface area contributed by atoms with Crippen molar-refractivity contribution >= 4 is 35.4 Å². The van der Waals surface area contributed by atoms with Crippen molar-refractivity contribution < 1.29 is 28.9 Å². The van der Waals surface area contributed by atoms with Crippen LogP contribution < -0.4 is 0 Å². The van der Waals surface area contributed by atoms with E-state index in [-0.39, 0.29) is 11.6 Å². The molecule has 0 unspecified atom stereocenters. The number of Topliss-reactive ketones (excluding diaryl/α,β-unsaturated/α-hetero) is 2. The van der Waals surface area contributed by atoms with Gasteiger partial charge in [0.25, 0.3) is 0 Å². The minimum atomic E-state index is -0.0786. The first-order chi connectivity index (χ1) is 18.4. The molecule has 0 fully saturated rings. The third kappa shape index (κ3) is 17.8. The maximum absolute atomic E-state index is 11.0. The Kier molecular flexibility index (Phi) is 18.4. The minimum absolute atomic E-state index is 0.0786. The first kappa shape index (κ1) is 32.5. The lowest BCUT2D eigenvalue weighted by atomic mass is 10.2. The molecule has 0 aliphatic rings. The summed E-state index contributed by atoms with van der Waals surface area (Å²) in [6.45, 7) is 8.35. The van der Waals surface area contributed by atoms with Gasteiger partial charge < -0.3 is 19.4 Å². The molecule has 0 spiro atoms. The molecule has 0 saturated heterocycles. The van der Waals surface area contributed by atoms with Gasteiger partial charge in [-0.1, -0.05) is 44.9 Å². The fraction of sp³-hybridized carbons (Fsp3) is 0.571. The number of rotatable bonds is 22. The van der Waals surface area contributed by atoms with Gasteiger partial charge in [0.2, 0.25) is 0 Å². The van der Waals surface area contributed by atoms with E-state index in [1.54, 1.807) is 26.3 Å². The molecule has 210 valence electrons. The lowest BCUT2D eigenvalue weighted by Crippen LogP contribution is -2.05. The zero-order valence-electron chi connectivity index (χ0n) is 23.2. The second-order valence-corrected chi connectivity index (χ2v) is 8.76. The molecule has 0 aliphatic heterocycles. The maximum atomic E-state index is 11.0. The van der Waals surface area contributed by atoms with Crippen LogP contribution in [0, 0.1) is 0 Å². The van der Waals surface area contributed by atoms with E-state index >= 15 is 0 Å². The average molecular weight is 531 g/mol. The molecule has 1 aromatic rings. The molecule has 0 aromatic heterocycles. The van der Waals surface area contributed by atoms with Crippen LogP contribution in [-0.2, 0) is 28.9 Å². The van der Waals surface area contributed by atoms with E-state index in [1.165, 1.54) is 13.8 Å². The van der Waals surface area contributed by atoms with Crippen molar-refractivity contribution in [1.29, 1.82) is 0 Å². The summed E-state index contributed by atoms with van der Waals surface area (Å²) < 4.78 is 0. The van der Waals surface area contributed by atoms with Crippen LogP contribution in [0.3, 0.4) is 0 Å². The fourth-order valence-electron chi connectivity index (χ4n) is 2.76. The first-order valence-corrected chi connectivity index (χ1v) is 13.2. The van der Waals surface area contributed by atoms with Crippen molar-refractivity contribution in [1.82, 2.24) is 0 Å². The molecule has 1 aromatic carbocycles. The molecule has 10 heteroatoms. The van der Waals surface area contributed by atoms with E-state index in [1.807, 2.05) is 24.3 Å². The lowest BCUT2D eigenvalue weighted by Gasteiger charge is -2.02. The number of ketones is 2. The van der Waals surface area contributed by atoms with Gasteiger partial charge in [-0.2, -0.15) is 0 Å². The van der Waals surface area contributed by atoms with E-state index in [0.717, 1.165) is 62.5 Å². The van der Waals surface area contributed by atoms with Gasteiger partial charge in [0, 0.05) is 13.8 Å². The lowest BCUT2D eigenvalue weighted by molar-refractivity contribution is -0.112. The van der Waals surface area contributed by atoms with Gasteiger partial charge in [-0.05, 0) is 76.3 Å². The van der Waals surface area contributed by atoms with Crippen LogP contribution in [-0.4, -0.2) is 61.8 Å². The summed E-state index contributed by atoms with van der Waals surface area (Å²) in [5, 5.41) is 15.5. The Morgan fingerprint density at radius 2 is 0.868 bits per heavy atom. The normalized spacial score (nSPS) is 12.2. The Labute approximate surface area is 226 Å². The fourth-order valence-corrected chi connectivity index (χ4v) is 2.76. The average Bonchev–Trinajstić information content (AvgIpc) is 2.90. The predicted molar refractivity (Wildman–Crippen MR) is 150 cm³/mol. The zero-order chi connectivity index (χ0) is 27.8. The van der Waals surface area contributed by atoms with Crippen LogP contribution in [0.4, 0.5) is 0 Å². The first-order valence-electron chi connectivity index (χ1n) is 13.2. The van der Waals surface area contributed by atoms with Crippen molar-refractivity contribution in [3.63, 3.8) is 0 Å². The number of hydrogen-bond acceptors (Lipinski definition) is 10. The van der Waals surface area contributed by atoms with Crippen LogP contribution >= 0.6 is 0 Å². The number of nitrogens with zero attached hydrogens (tertiary/aromatic N) is 4. The summed E-state index contributed by atoms with van der Waals surface area (Å²) in [7, 11) is 0. The van der Waals surface area contributed by atoms with E-state index in [4.69, 9.17) is 19.4 Å². The SMILES string of the molecule is CC(=O)/C(C)=N/OCCCCCCO/N=C/c1ccc(/C=N/OCCCCCCO/N=C(\C)C(C)=O)cc1. The molecule has 0 heterocycles. The Morgan fingerprint density at radius 1 is 0.553 bits per heavy atom. The van der Waals surface area contributed by atoms with Gasteiger partial charge in [-0.25, -0.2) is 0 Å². The molecule has 0 amide bonds. The monoisotopic (exact) mass is 530 g/mol. The number of unbranched alkanes of at least 4 members (excludes halogenated alkanes) is 6. The zero-order valence-corrected chi connectivity index (χ0v) is 23.2. The number of oxime groups is 4. The van der Waals surface area contributed by atoms with E-state index in [2.05, 4.69) is 20.6 Å². The molecule has 0 radical (unpaired) electrons. The summed E-state index contributed by atoms with van der Waals surface area (Å²) in [6.07, 6.45) is 11.0. The van der Waals surface area contributed by atoms with Gasteiger partial charge in [0.15, 0.2) is 11.6 Å². The van der Waals surface area contributed by atoms with Crippen LogP contribution in [0.5, 0.6) is 0 Å². The van der Waals surface area contributed by atoms with Crippen molar-refractivity contribution in [2.24, 2.45) is 20.6 Å². The molecule has 0 atom stereocenters. The van der Waals surface area contributed by atoms with Gasteiger partial charge in [0.1, 0.15) is 37.9 Å². The number of benzene rings is 1. The number of carbonyl (C=O) groups excluding carboxylic acids is 2. The number of hydrogen-bond donors (Lipinski definition) is 0. The van der Waals surface area contributed by atoms with Crippen LogP contribution in [0.2, 0.25) is 0 Å². The van der Waals surface area contributed by atoms with Gasteiger partial charge in [0.05, 0.1) is 12.4 Å². The van der Waals surface area contributed by atoms with Crippen LogP contribution in [0.15, 0.2) is 44.9 Å². The Balaban J connectivity index is 2.03.